The van der Waals surface area contributed by atoms with E-state index in [1.807, 2.05) is 45.0 Å². The summed E-state index contributed by atoms with van der Waals surface area (Å²) in [5, 5.41) is 0. The molecule has 0 aliphatic heterocycles. The van der Waals surface area contributed by atoms with Gasteiger partial charge in [0, 0.05) is 11.8 Å². The van der Waals surface area contributed by atoms with Crippen LogP contribution < -0.4 is 9.46 Å². The minimum Gasteiger partial charge on any atom is -0.497 e. The Kier molecular flexibility index (Phi) is 7.88. The van der Waals surface area contributed by atoms with Gasteiger partial charge in [-0.15, -0.1) is 0 Å². The third-order valence-electron chi connectivity index (χ3n) is 4.41. The lowest BCUT2D eigenvalue weighted by Crippen LogP contribution is -2.30. The fraction of sp³-hybridized carbons (Fsp3) is 0.391. The molecule has 7 heteroatoms. The van der Waals surface area contributed by atoms with Crippen molar-refractivity contribution in [2.75, 3.05) is 12.9 Å². The molecule has 164 valence electrons. The summed E-state index contributed by atoms with van der Waals surface area (Å²) in [5.41, 5.74) is 1.36. The highest BCUT2D eigenvalue weighted by Crippen LogP contribution is 2.32. The molecule has 0 saturated heterocycles. The van der Waals surface area contributed by atoms with Gasteiger partial charge < -0.3 is 4.74 Å². The van der Waals surface area contributed by atoms with E-state index in [4.69, 9.17) is 4.74 Å². The average Bonchev–Trinajstić information content (AvgIpc) is 2.65. The smallest absolute Gasteiger partial charge is 0.416 e. The van der Waals surface area contributed by atoms with Crippen LogP contribution in [0.4, 0.5) is 13.2 Å². The maximum Gasteiger partial charge on any atom is 0.416 e. The summed E-state index contributed by atoms with van der Waals surface area (Å²) in [4.78, 5) is 0. The molecule has 0 spiro atoms. The van der Waals surface area contributed by atoms with E-state index in [2.05, 4.69) is 11.3 Å². The molecule has 1 N–H and O–H groups in total. The van der Waals surface area contributed by atoms with E-state index in [9.17, 15) is 17.4 Å². The predicted octanol–water partition coefficient (Wildman–Crippen LogP) is 6.16. The van der Waals surface area contributed by atoms with Crippen LogP contribution in [0.1, 0.15) is 49.9 Å². The van der Waals surface area contributed by atoms with Crippen LogP contribution in [-0.4, -0.2) is 17.1 Å². The molecule has 0 saturated carbocycles. The fourth-order valence-electron chi connectivity index (χ4n) is 2.93. The molecule has 2 aromatic rings. The normalized spacial score (nSPS) is 14.2. The van der Waals surface area contributed by atoms with Crippen molar-refractivity contribution in [2.45, 2.75) is 39.4 Å². The number of benzene rings is 2. The Balaban J connectivity index is 2.28. The Bertz CT molecular complexity index is 887. The molecule has 0 amide bonds. The van der Waals surface area contributed by atoms with Crippen molar-refractivity contribution in [1.82, 2.24) is 4.72 Å². The molecule has 3 nitrogen and oxygen atoms in total. The summed E-state index contributed by atoms with van der Waals surface area (Å²) in [6, 6.07) is 11.9. The molecule has 0 radical (unpaired) electrons. The van der Waals surface area contributed by atoms with Crippen molar-refractivity contribution in [2.24, 2.45) is 5.41 Å². The van der Waals surface area contributed by atoms with Crippen LogP contribution in [0.2, 0.25) is 0 Å². The number of nitrogens with one attached hydrogen (secondary N) is 1. The first-order valence-electron chi connectivity index (χ1n) is 9.53. The number of methoxy groups -OCH3 is 1. The second-order valence-electron chi connectivity index (χ2n) is 8.38. The number of halogens is 3. The van der Waals surface area contributed by atoms with E-state index in [1.54, 1.807) is 7.11 Å². The molecule has 2 rings (SSSR count). The number of alkyl halides is 3. The van der Waals surface area contributed by atoms with Crippen molar-refractivity contribution in [1.29, 1.82) is 0 Å². The van der Waals surface area contributed by atoms with Gasteiger partial charge in [-0.2, -0.15) is 13.2 Å². The summed E-state index contributed by atoms with van der Waals surface area (Å²) in [6.45, 7) is 10.1. The summed E-state index contributed by atoms with van der Waals surface area (Å²) < 4.78 is 59.8. The van der Waals surface area contributed by atoms with Crippen LogP contribution in [-0.2, 0) is 17.2 Å². The Morgan fingerprint density at radius 1 is 1.13 bits per heavy atom. The van der Waals surface area contributed by atoms with E-state index < -0.39 is 28.8 Å². The predicted molar refractivity (Wildman–Crippen MR) is 116 cm³/mol. The zero-order chi connectivity index (χ0) is 22.5. The van der Waals surface area contributed by atoms with Gasteiger partial charge in [0.1, 0.15) is 5.75 Å². The highest BCUT2D eigenvalue weighted by Gasteiger charge is 2.30. The van der Waals surface area contributed by atoms with E-state index >= 15 is 0 Å². The topological polar surface area (TPSA) is 38.3 Å². The van der Waals surface area contributed by atoms with Gasteiger partial charge in [-0.05, 0) is 52.8 Å². The molecule has 0 fully saturated rings. The molecule has 2 atom stereocenters. The lowest BCUT2D eigenvalue weighted by molar-refractivity contribution is -0.137. The van der Waals surface area contributed by atoms with Crippen molar-refractivity contribution >= 4 is 16.6 Å². The maximum atomic E-state index is 12.9. The van der Waals surface area contributed by atoms with Gasteiger partial charge in [0.2, 0.25) is 0 Å². The Morgan fingerprint density at radius 2 is 1.77 bits per heavy atom. The number of ether oxygens (including phenoxy) is 1. The molecule has 30 heavy (non-hydrogen) atoms. The molecular weight excluding hydrogens is 411 g/mol. The van der Waals surface area contributed by atoms with Crippen LogP contribution in [0.3, 0.4) is 0 Å². The lowest BCUT2D eigenvalue weighted by atomic mass is 9.95. The lowest BCUT2D eigenvalue weighted by Gasteiger charge is -2.24. The number of hydrogen-bond donors (Lipinski definition) is 1. The minimum absolute atomic E-state index is 0.160. The second-order valence-corrected chi connectivity index (χ2v) is 9.60. The third kappa shape index (κ3) is 7.29. The first kappa shape index (κ1) is 24.2. The van der Waals surface area contributed by atoms with Crippen LogP contribution in [0.15, 0.2) is 55.1 Å². The van der Waals surface area contributed by atoms with Gasteiger partial charge in [-0.3, -0.25) is 0 Å². The monoisotopic (exact) mass is 439 g/mol. The molecule has 1 unspecified atom stereocenters. The summed E-state index contributed by atoms with van der Waals surface area (Å²) in [5.74, 6) is 1.10. The second kappa shape index (κ2) is 9.79. The Labute approximate surface area is 178 Å². The van der Waals surface area contributed by atoms with Crippen LogP contribution >= 0.6 is 0 Å². The molecular formula is C23H28F3NO2S. The molecule has 0 aliphatic carbocycles. The molecule has 0 aromatic heterocycles. The van der Waals surface area contributed by atoms with Gasteiger partial charge in [0.15, 0.2) is 0 Å². The summed E-state index contributed by atoms with van der Waals surface area (Å²) in [6.07, 6.45) is -4.02. The largest absolute Gasteiger partial charge is 0.497 e. The molecule has 0 heterocycles. The molecule has 0 aliphatic rings. The zero-order valence-electron chi connectivity index (χ0n) is 17.7. The van der Waals surface area contributed by atoms with Gasteiger partial charge in [-0.1, -0.05) is 51.6 Å². The quantitative estimate of drug-likeness (QED) is 0.535. The van der Waals surface area contributed by atoms with Gasteiger partial charge in [0.25, 0.3) is 0 Å². The van der Waals surface area contributed by atoms with Crippen LogP contribution in [0.5, 0.6) is 5.75 Å². The van der Waals surface area contributed by atoms with Crippen molar-refractivity contribution in [3.8, 4) is 5.75 Å². The van der Waals surface area contributed by atoms with Crippen molar-refractivity contribution in [3.63, 3.8) is 0 Å². The zero-order valence-corrected chi connectivity index (χ0v) is 18.5. The van der Waals surface area contributed by atoms with Crippen LogP contribution in [0.25, 0.3) is 5.57 Å². The van der Waals surface area contributed by atoms with Gasteiger partial charge in [-0.25, -0.2) is 8.93 Å². The third-order valence-corrected chi connectivity index (χ3v) is 6.08. The Hall–Kier alpha value is -2.12. The van der Waals surface area contributed by atoms with Crippen molar-refractivity contribution < 1.29 is 22.1 Å². The average molecular weight is 440 g/mol. The minimum atomic E-state index is -4.40. The first-order chi connectivity index (χ1) is 13.9. The van der Waals surface area contributed by atoms with E-state index in [-0.39, 0.29) is 5.41 Å². The highest BCUT2D eigenvalue weighted by molar-refractivity contribution is 7.83. The first-order valence-corrected chi connectivity index (χ1v) is 10.8. The number of hydrogen-bond acceptors (Lipinski definition) is 2. The van der Waals surface area contributed by atoms with E-state index in [0.717, 1.165) is 23.3 Å². The van der Waals surface area contributed by atoms with E-state index in [1.165, 1.54) is 12.1 Å². The van der Waals surface area contributed by atoms with Gasteiger partial charge >= 0.3 is 6.18 Å². The highest BCUT2D eigenvalue weighted by atomic mass is 32.2. The fourth-order valence-corrected chi connectivity index (χ4v) is 4.34. The summed E-state index contributed by atoms with van der Waals surface area (Å²) in [7, 11) is 0.214. The van der Waals surface area contributed by atoms with Gasteiger partial charge in [0.05, 0.1) is 23.7 Å². The maximum absolute atomic E-state index is 12.9. The summed E-state index contributed by atoms with van der Waals surface area (Å²) >= 11 is 0. The van der Waals surface area contributed by atoms with E-state index in [0.29, 0.717) is 23.5 Å². The van der Waals surface area contributed by atoms with Crippen molar-refractivity contribution in [3.05, 3.63) is 71.8 Å². The molecule has 2 aromatic carbocycles. The Morgan fingerprint density at radius 3 is 2.30 bits per heavy atom. The van der Waals surface area contributed by atoms with Crippen LogP contribution in [0, 0.1) is 5.41 Å². The number of rotatable bonds is 8. The standard InChI is InChI=1S/C23H28F3NO2S/c1-16(18-7-6-8-20(14-18)29-5)13-21(27-30(28)15-22(2,3)4)17-9-11-19(12-10-17)23(24,25)26/h6-12,14,21,27H,1,13,15H2,2-5H3/t21-,30?/m0/s1. The SMILES string of the molecule is C=C(C[C@H](NS(=O)CC(C)(C)C)c1ccc(C(F)(F)F)cc1)c1cccc(OC)c1. The molecule has 0 bridgehead atoms.